The molecule has 0 bridgehead atoms. The van der Waals surface area contributed by atoms with Crippen LogP contribution in [0, 0.1) is 11.8 Å². The zero-order valence-corrected chi connectivity index (χ0v) is 10.1. The highest BCUT2D eigenvalue weighted by atomic mass is 15.2. The molecule has 0 aromatic rings. The van der Waals surface area contributed by atoms with E-state index >= 15 is 0 Å². The van der Waals surface area contributed by atoms with Crippen LogP contribution in [-0.2, 0) is 0 Å². The molecule has 2 nitrogen and oxygen atoms in total. The van der Waals surface area contributed by atoms with E-state index in [1.807, 2.05) is 0 Å². The van der Waals surface area contributed by atoms with E-state index in [1.165, 1.54) is 51.6 Å². The lowest BCUT2D eigenvalue weighted by atomic mass is 9.84. The molecule has 1 aliphatic carbocycles. The molecule has 1 heterocycles. The van der Waals surface area contributed by atoms with Gasteiger partial charge in [-0.3, -0.25) is 0 Å². The van der Waals surface area contributed by atoms with Crippen LogP contribution in [0.5, 0.6) is 0 Å². The highest BCUT2D eigenvalue weighted by molar-refractivity contribution is 4.82. The van der Waals surface area contributed by atoms with Gasteiger partial charge >= 0.3 is 0 Å². The van der Waals surface area contributed by atoms with Crippen LogP contribution in [0.3, 0.4) is 0 Å². The van der Waals surface area contributed by atoms with Gasteiger partial charge in [0.05, 0.1) is 0 Å². The van der Waals surface area contributed by atoms with Crippen LogP contribution in [-0.4, -0.2) is 30.6 Å². The van der Waals surface area contributed by atoms with Gasteiger partial charge in [0.15, 0.2) is 0 Å². The van der Waals surface area contributed by atoms with Gasteiger partial charge in [-0.05, 0) is 70.0 Å². The Hall–Kier alpha value is -0.0800. The zero-order valence-electron chi connectivity index (χ0n) is 10.1. The molecule has 2 heteroatoms. The fourth-order valence-electron chi connectivity index (χ4n) is 3.14. The van der Waals surface area contributed by atoms with E-state index in [1.54, 1.807) is 0 Å². The summed E-state index contributed by atoms with van der Waals surface area (Å²) in [4.78, 5) is 2.74. The van der Waals surface area contributed by atoms with Gasteiger partial charge in [0.1, 0.15) is 0 Å². The van der Waals surface area contributed by atoms with Gasteiger partial charge in [-0.15, -0.1) is 0 Å². The van der Waals surface area contributed by atoms with Crippen molar-refractivity contribution in [3.05, 3.63) is 0 Å². The first-order valence-corrected chi connectivity index (χ1v) is 6.73. The molecule has 0 spiro atoms. The molecule has 1 saturated carbocycles. The highest BCUT2D eigenvalue weighted by Crippen LogP contribution is 2.29. The predicted molar refractivity (Wildman–Crippen MR) is 64.8 cm³/mol. The van der Waals surface area contributed by atoms with E-state index in [-0.39, 0.29) is 0 Å². The number of nitrogens with zero attached hydrogens (tertiary/aromatic N) is 1. The predicted octanol–water partition coefficient (Wildman–Crippen LogP) is 2.24. The first-order valence-electron chi connectivity index (χ1n) is 6.73. The zero-order chi connectivity index (χ0) is 10.7. The number of piperidine rings is 1. The van der Waals surface area contributed by atoms with Gasteiger partial charge in [0, 0.05) is 6.04 Å². The fraction of sp³-hybridized carbons (Fsp3) is 1.00. The molecule has 0 radical (unpaired) electrons. The maximum absolute atomic E-state index is 5.73. The number of likely N-dealkylation sites (tertiary alicyclic amines) is 1. The lowest BCUT2D eigenvalue weighted by Gasteiger charge is -2.40. The summed E-state index contributed by atoms with van der Waals surface area (Å²) in [5, 5.41) is 0. The summed E-state index contributed by atoms with van der Waals surface area (Å²) in [6.45, 7) is 5.99. The monoisotopic (exact) mass is 210 g/mol. The summed E-state index contributed by atoms with van der Waals surface area (Å²) < 4.78 is 0. The third-order valence-electron chi connectivity index (χ3n) is 4.48. The van der Waals surface area contributed by atoms with Crippen molar-refractivity contribution in [3.63, 3.8) is 0 Å². The van der Waals surface area contributed by atoms with E-state index in [2.05, 4.69) is 11.8 Å². The SMILES string of the molecule is CC1CCN([C@H]2CC[C@H](CN)CC2)CC1. The van der Waals surface area contributed by atoms with E-state index in [4.69, 9.17) is 5.73 Å². The summed E-state index contributed by atoms with van der Waals surface area (Å²) >= 11 is 0. The molecule has 2 N–H and O–H groups in total. The van der Waals surface area contributed by atoms with Crippen molar-refractivity contribution in [2.45, 2.75) is 51.5 Å². The molecular weight excluding hydrogens is 184 g/mol. The van der Waals surface area contributed by atoms with Crippen molar-refractivity contribution in [1.82, 2.24) is 4.90 Å². The highest BCUT2D eigenvalue weighted by Gasteiger charge is 2.27. The quantitative estimate of drug-likeness (QED) is 0.757. The molecule has 1 aliphatic heterocycles. The summed E-state index contributed by atoms with van der Waals surface area (Å²) in [6, 6.07) is 0.889. The van der Waals surface area contributed by atoms with Gasteiger partial charge in [-0.2, -0.15) is 0 Å². The summed E-state index contributed by atoms with van der Waals surface area (Å²) in [7, 11) is 0. The molecule has 0 aromatic heterocycles. The van der Waals surface area contributed by atoms with E-state index in [9.17, 15) is 0 Å². The molecule has 0 atom stereocenters. The van der Waals surface area contributed by atoms with Crippen LogP contribution in [0.2, 0.25) is 0 Å². The third-order valence-corrected chi connectivity index (χ3v) is 4.48. The summed E-state index contributed by atoms with van der Waals surface area (Å²) in [6.07, 6.45) is 8.36. The molecule has 2 rings (SSSR count). The van der Waals surface area contributed by atoms with Gasteiger partial charge in [0.25, 0.3) is 0 Å². The Kier molecular flexibility index (Phi) is 4.04. The Morgan fingerprint density at radius 1 is 1.00 bits per heavy atom. The van der Waals surface area contributed by atoms with E-state index < -0.39 is 0 Å². The number of nitrogens with two attached hydrogens (primary N) is 1. The Labute approximate surface area is 94.2 Å². The average Bonchev–Trinajstić information content (AvgIpc) is 2.30. The second-order valence-electron chi connectivity index (χ2n) is 5.63. The summed E-state index contributed by atoms with van der Waals surface area (Å²) in [5.41, 5.74) is 5.73. The van der Waals surface area contributed by atoms with E-state index in [0.29, 0.717) is 0 Å². The largest absolute Gasteiger partial charge is 0.330 e. The molecule has 0 unspecified atom stereocenters. The molecule has 1 saturated heterocycles. The van der Waals surface area contributed by atoms with Crippen molar-refractivity contribution in [2.24, 2.45) is 17.6 Å². The third kappa shape index (κ3) is 2.94. The maximum atomic E-state index is 5.73. The lowest BCUT2D eigenvalue weighted by Crippen LogP contribution is -2.43. The van der Waals surface area contributed by atoms with Gasteiger partial charge in [-0.1, -0.05) is 6.92 Å². The average molecular weight is 210 g/mol. The summed E-state index contributed by atoms with van der Waals surface area (Å²) in [5.74, 6) is 1.78. The van der Waals surface area contributed by atoms with Gasteiger partial charge < -0.3 is 10.6 Å². The van der Waals surface area contributed by atoms with Crippen molar-refractivity contribution in [3.8, 4) is 0 Å². The minimum Gasteiger partial charge on any atom is -0.330 e. The number of hydrogen-bond acceptors (Lipinski definition) is 2. The molecule has 2 aliphatic rings. The van der Waals surface area contributed by atoms with Crippen LogP contribution in [0.15, 0.2) is 0 Å². The van der Waals surface area contributed by atoms with Crippen LogP contribution in [0.1, 0.15) is 45.4 Å². The topological polar surface area (TPSA) is 29.3 Å². The van der Waals surface area contributed by atoms with Crippen molar-refractivity contribution in [2.75, 3.05) is 19.6 Å². The van der Waals surface area contributed by atoms with Gasteiger partial charge in [0.2, 0.25) is 0 Å². The first-order chi connectivity index (χ1) is 7.29. The van der Waals surface area contributed by atoms with Crippen LogP contribution in [0.25, 0.3) is 0 Å². The Bertz CT molecular complexity index is 177. The molecule has 88 valence electrons. The van der Waals surface area contributed by atoms with Crippen LogP contribution in [0.4, 0.5) is 0 Å². The molecule has 2 fully saturated rings. The van der Waals surface area contributed by atoms with Crippen molar-refractivity contribution in [1.29, 1.82) is 0 Å². The molecule has 0 aromatic carbocycles. The lowest BCUT2D eigenvalue weighted by molar-refractivity contribution is 0.0991. The minimum absolute atomic E-state index is 0.824. The number of rotatable bonds is 2. The minimum atomic E-state index is 0.824. The second-order valence-corrected chi connectivity index (χ2v) is 5.63. The molecule has 15 heavy (non-hydrogen) atoms. The maximum Gasteiger partial charge on any atom is 0.00954 e. The van der Waals surface area contributed by atoms with E-state index in [0.717, 1.165) is 24.4 Å². The van der Waals surface area contributed by atoms with Crippen molar-refractivity contribution >= 4 is 0 Å². The molecular formula is C13H26N2. The normalized spacial score (nSPS) is 35.6. The van der Waals surface area contributed by atoms with Crippen LogP contribution < -0.4 is 5.73 Å². The van der Waals surface area contributed by atoms with Crippen molar-refractivity contribution < 1.29 is 0 Å². The first kappa shape index (κ1) is 11.4. The number of hydrogen-bond donors (Lipinski definition) is 1. The Morgan fingerprint density at radius 2 is 1.60 bits per heavy atom. The fourth-order valence-corrected chi connectivity index (χ4v) is 3.14. The van der Waals surface area contributed by atoms with Crippen LogP contribution >= 0.6 is 0 Å². The standard InChI is InChI=1S/C13H26N2/c1-11-6-8-15(9-7-11)13-4-2-12(10-14)3-5-13/h11-13H,2-10,14H2,1H3/t12-,13-. The smallest absolute Gasteiger partial charge is 0.00954 e. The Balaban J connectivity index is 1.75. The molecule has 0 amide bonds. The van der Waals surface area contributed by atoms with Gasteiger partial charge in [-0.25, -0.2) is 0 Å². The Morgan fingerprint density at radius 3 is 2.13 bits per heavy atom. The second kappa shape index (κ2) is 5.31.